The molecule has 2 N–H and O–H groups in total. The quantitative estimate of drug-likeness (QED) is 0.873. The van der Waals surface area contributed by atoms with Crippen LogP contribution in [0.15, 0.2) is 28.8 Å². The topological polar surface area (TPSA) is 74.2 Å². The molecule has 0 aliphatic rings. The number of aromatic nitrogens is 2. The molecule has 5 nitrogen and oxygen atoms in total. The number of hydrogen-bond acceptors (Lipinski definition) is 5. The molecule has 1 aromatic heterocycles. The Morgan fingerprint density at radius 1 is 1.33 bits per heavy atom. The van der Waals surface area contributed by atoms with E-state index in [2.05, 4.69) is 17.1 Å². The first-order chi connectivity index (χ1) is 8.72. The van der Waals surface area contributed by atoms with Crippen LogP contribution in [0.25, 0.3) is 11.4 Å². The first-order valence-electron chi connectivity index (χ1n) is 5.90. The van der Waals surface area contributed by atoms with Crippen molar-refractivity contribution in [3.05, 3.63) is 30.2 Å². The van der Waals surface area contributed by atoms with Crippen LogP contribution in [-0.4, -0.2) is 23.8 Å². The van der Waals surface area contributed by atoms with Gasteiger partial charge in [0.1, 0.15) is 5.75 Å². The lowest BCUT2D eigenvalue weighted by molar-refractivity contribution is 0.359. The summed E-state index contributed by atoms with van der Waals surface area (Å²) in [5.74, 6) is 2.36. The second-order valence-electron chi connectivity index (χ2n) is 4.29. The Balaban J connectivity index is 2.13. The summed E-state index contributed by atoms with van der Waals surface area (Å²) in [5, 5.41) is 3.96. The molecule has 0 aliphatic carbocycles. The molecule has 18 heavy (non-hydrogen) atoms. The maximum absolute atomic E-state index is 5.57. The van der Waals surface area contributed by atoms with Crippen LogP contribution in [0.2, 0.25) is 0 Å². The summed E-state index contributed by atoms with van der Waals surface area (Å²) in [5.41, 5.74) is 6.47. The van der Waals surface area contributed by atoms with Gasteiger partial charge in [-0.1, -0.05) is 12.1 Å². The van der Waals surface area contributed by atoms with Crippen molar-refractivity contribution in [1.29, 1.82) is 0 Å². The normalized spacial score (nSPS) is 12.4. The highest BCUT2D eigenvalue weighted by atomic mass is 16.5. The van der Waals surface area contributed by atoms with Gasteiger partial charge in [0, 0.05) is 12.0 Å². The zero-order valence-corrected chi connectivity index (χ0v) is 10.6. The van der Waals surface area contributed by atoms with Gasteiger partial charge >= 0.3 is 0 Å². The van der Waals surface area contributed by atoms with Crippen LogP contribution in [0, 0.1) is 5.92 Å². The number of methoxy groups -OCH3 is 1. The minimum atomic E-state index is 0.342. The molecule has 1 atom stereocenters. The molecular formula is C13H17N3O2. The lowest BCUT2D eigenvalue weighted by Crippen LogP contribution is -2.13. The second-order valence-corrected chi connectivity index (χ2v) is 4.29. The van der Waals surface area contributed by atoms with E-state index in [9.17, 15) is 0 Å². The smallest absolute Gasteiger partial charge is 0.227 e. The Bertz CT molecular complexity index is 493. The molecule has 0 fully saturated rings. The predicted octanol–water partition coefficient (Wildman–Crippen LogP) is 1.88. The molecule has 2 rings (SSSR count). The van der Waals surface area contributed by atoms with Crippen molar-refractivity contribution in [3.8, 4) is 17.1 Å². The Hall–Kier alpha value is -1.88. The standard InChI is InChI=1S/C13H17N3O2/c1-9(8-14)7-12-15-13(16-18-12)10-3-5-11(17-2)6-4-10/h3-6,9H,7-8,14H2,1-2H3. The summed E-state index contributed by atoms with van der Waals surface area (Å²) < 4.78 is 10.3. The highest BCUT2D eigenvalue weighted by Gasteiger charge is 2.11. The van der Waals surface area contributed by atoms with E-state index in [-0.39, 0.29) is 0 Å². The lowest BCUT2D eigenvalue weighted by Gasteiger charge is -2.02. The van der Waals surface area contributed by atoms with Gasteiger partial charge in [-0.3, -0.25) is 0 Å². The van der Waals surface area contributed by atoms with Gasteiger partial charge in [-0.15, -0.1) is 0 Å². The largest absolute Gasteiger partial charge is 0.497 e. The average molecular weight is 247 g/mol. The molecule has 0 saturated carbocycles. The van der Waals surface area contributed by atoms with Crippen molar-refractivity contribution >= 4 is 0 Å². The Morgan fingerprint density at radius 2 is 2.06 bits per heavy atom. The van der Waals surface area contributed by atoms with Crippen LogP contribution in [-0.2, 0) is 6.42 Å². The van der Waals surface area contributed by atoms with Gasteiger partial charge in [-0.25, -0.2) is 0 Å². The van der Waals surface area contributed by atoms with E-state index in [4.69, 9.17) is 15.0 Å². The van der Waals surface area contributed by atoms with Crippen LogP contribution in [0.1, 0.15) is 12.8 Å². The van der Waals surface area contributed by atoms with Crippen molar-refractivity contribution in [3.63, 3.8) is 0 Å². The fourth-order valence-corrected chi connectivity index (χ4v) is 1.58. The highest BCUT2D eigenvalue weighted by molar-refractivity contribution is 5.55. The number of ether oxygens (including phenoxy) is 1. The number of nitrogens with zero attached hydrogens (tertiary/aromatic N) is 2. The molecule has 1 heterocycles. The van der Waals surface area contributed by atoms with E-state index in [1.54, 1.807) is 7.11 Å². The summed E-state index contributed by atoms with van der Waals surface area (Å²) in [4.78, 5) is 4.35. The van der Waals surface area contributed by atoms with Crippen LogP contribution < -0.4 is 10.5 Å². The molecule has 2 aromatic rings. The van der Waals surface area contributed by atoms with Crippen molar-refractivity contribution in [2.45, 2.75) is 13.3 Å². The molecule has 5 heteroatoms. The number of nitrogens with two attached hydrogens (primary N) is 1. The minimum absolute atomic E-state index is 0.342. The minimum Gasteiger partial charge on any atom is -0.497 e. The van der Waals surface area contributed by atoms with E-state index >= 15 is 0 Å². The summed E-state index contributed by atoms with van der Waals surface area (Å²) in [6.07, 6.45) is 0.708. The monoisotopic (exact) mass is 247 g/mol. The van der Waals surface area contributed by atoms with Crippen molar-refractivity contribution < 1.29 is 9.26 Å². The van der Waals surface area contributed by atoms with E-state index in [0.717, 1.165) is 11.3 Å². The summed E-state index contributed by atoms with van der Waals surface area (Å²) >= 11 is 0. The molecule has 0 amide bonds. The van der Waals surface area contributed by atoms with Crippen LogP contribution in [0.5, 0.6) is 5.75 Å². The average Bonchev–Trinajstić information content (AvgIpc) is 2.87. The van der Waals surface area contributed by atoms with Gasteiger partial charge in [0.2, 0.25) is 11.7 Å². The van der Waals surface area contributed by atoms with Gasteiger partial charge in [0.05, 0.1) is 7.11 Å². The first-order valence-corrected chi connectivity index (χ1v) is 5.90. The molecular weight excluding hydrogens is 230 g/mol. The highest BCUT2D eigenvalue weighted by Crippen LogP contribution is 2.20. The fraction of sp³-hybridized carbons (Fsp3) is 0.385. The van der Waals surface area contributed by atoms with Crippen molar-refractivity contribution in [1.82, 2.24) is 10.1 Å². The number of hydrogen-bond donors (Lipinski definition) is 1. The molecule has 0 aliphatic heterocycles. The van der Waals surface area contributed by atoms with Gasteiger partial charge in [-0.2, -0.15) is 4.98 Å². The first kappa shape index (κ1) is 12.6. The molecule has 0 spiro atoms. The summed E-state index contributed by atoms with van der Waals surface area (Å²) in [7, 11) is 1.63. The fourth-order valence-electron chi connectivity index (χ4n) is 1.58. The maximum atomic E-state index is 5.57. The van der Waals surface area contributed by atoms with E-state index in [1.807, 2.05) is 24.3 Å². The predicted molar refractivity (Wildman–Crippen MR) is 68.2 cm³/mol. The second kappa shape index (κ2) is 5.64. The Kier molecular flexibility index (Phi) is 3.94. The summed E-state index contributed by atoms with van der Waals surface area (Å²) in [6.45, 7) is 2.66. The Morgan fingerprint density at radius 3 is 2.67 bits per heavy atom. The van der Waals surface area contributed by atoms with Gasteiger partial charge in [0.25, 0.3) is 0 Å². The van der Waals surface area contributed by atoms with Gasteiger partial charge in [-0.05, 0) is 36.7 Å². The van der Waals surface area contributed by atoms with Crippen molar-refractivity contribution in [2.75, 3.05) is 13.7 Å². The number of benzene rings is 1. The third-order valence-corrected chi connectivity index (χ3v) is 2.74. The van der Waals surface area contributed by atoms with Crippen LogP contribution in [0.4, 0.5) is 0 Å². The molecule has 1 unspecified atom stereocenters. The third-order valence-electron chi connectivity index (χ3n) is 2.74. The van der Waals surface area contributed by atoms with E-state index in [0.29, 0.717) is 30.6 Å². The molecule has 0 bridgehead atoms. The van der Waals surface area contributed by atoms with Gasteiger partial charge < -0.3 is 15.0 Å². The molecule has 1 aromatic carbocycles. The van der Waals surface area contributed by atoms with E-state index in [1.165, 1.54) is 0 Å². The molecule has 96 valence electrons. The maximum Gasteiger partial charge on any atom is 0.227 e. The van der Waals surface area contributed by atoms with Gasteiger partial charge in [0.15, 0.2) is 0 Å². The third kappa shape index (κ3) is 2.87. The SMILES string of the molecule is COc1ccc(-c2noc(CC(C)CN)n2)cc1. The molecule has 0 radical (unpaired) electrons. The molecule has 0 saturated heterocycles. The Labute approximate surface area is 106 Å². The van der Waals surface area contributed by atoms with Crippen molar-refractivity contribution in [2.24, 2.45) is 11.7 Å². The lowest BCUT2D eigenvalue weighted by atomic mass is 10.1. The zero-order chi connectivity index (χ0) is 13.0. The van der Waals surface area contributed by atoms with Crippen LogP contribution in [0.3, 0.4) is 0 Å². The van der Waals surface area contributed by atoms with Crippen LogP contribution >= 0.6 is 0 Å². The summed E-state index contributed by atoms with van der Waals surface area (Å²) in [6, 6.07) is 7.54. The number of rotatable bonds is 5. The zero-order valence-electron chi connectivity index (χ0n) is 10.6. The van der Waals surface area contributed by atoms with E-state index < -0.39 is 0 Å².